The van der Waals surface area contributed by atoms with Gasteiger partial charge in [-0.1, -0.05) is 6.07 Å². The predicted molar refractivity (Wildman–Crippen MR) is 85.2 cm³/mol. The van der Waals surface area contributed by atoms with Crippen LogP contribution in [0.25, 0.3) is 5.78 Å². The van der Waals surface area contributed by atoms with Gasteiger partial charge in [0.25, 0.3) is 5.78 Å². The van der Waals surface area contributed by atoms with E-state index in [1.807, 2.05) is 0 Å². The summed E-state index contributed by atoms with van der Waals surface area (Å²) in [6.45, 7) is 1.87. The van der Waals surface area contributed by atoms with Gasteiger partial charge in [0, 0.05) is 18.9 Å². The molecule has 0 radical (unpaired) electrons. The monoisotopic (exact) mass is 369 g/mol. The Balaban J connectivity index is 1.97. The molecule has 26 heavy (non-hydrogen) atoms. The first-order chi connectivity index (χ1) is 12.3. The van der Waals surface area contributed by atoms with Crippen LogP contribution in [0.15, 0.2) is 30.6 Å². The van der Waals surface area contributed by atoms with Crippen LogP contribution in [0, 0.1) is 12.7 Å². The molecule has 3 aromatic rings. The molecule has 0 bridgehead atoms. The Morgan fingerprint density at radius 1 is 1.27 bits per heavy atom. The van der Waals surface area contributed by atoms with Crippen LogP contribution in [0.3, 0.4) is 0 Å². The van der Waals surface area contributed by atoms with Crippen molar-refractivity contribution in [3.05, 3.63) is 53.2 Å². The first kappa shape index (κ1) is 18.1. The van der Waals surface area contributed by atoms with Crippen molar-refractivity contribution < 1.29 is 22.3 Å². The highest BCUT2D eigenvalue weighted by Crippen LogP contribution is 2.33. The number of hydrogen-bond acceptors (Lipinski definition) is 5. The van der Waals surface area contributed by atoms with E-state index < -0.39 is 23.6 Å². The predicted octanol–water partition coefficient (Wildman–Crippen LogP) is 3.39. The van der Waals surface area contributed by atoms with Crippen LogP contribution in [0.5, 0.6) is 0 Å². The molecule has 6 nitrogen and oxygen atoms in total. The number of nitrogens with one attached hydrogen (secondary N) is 1. The van der Waals surface area contributed by atoms with Crippen LogP contribution < -0.4 is 5.32 Å². The molecule has 0 aliphatic carbocycles. The highest BCUT2D eigenvalue weighted by molar-refractivity contribution is 5.47. The summed E-state index contributed by atoms with van der Waals surface area (Å²) >= 11 is 0. The molecule has 0 saturated carbocycles. The van der Waals surface area contributed by atoms with Gasteiger partial charge in [-0.15, -0.1) is 0 Å². The number of anilines is 1. The quantitative estimate of drug-likeness (QED) is 0.699. The maximum Gasteiger partial charge on any atom is 0.419 e. The van der Waals surface area contributed by atoms with E-state index in [0.29, 0.717) is 22.9 Å². The lowest BCUT2D eigenvalue weighted by Gasteiger charge is -2.21. The third-order valence-corrected chi connectivity index (χ3v) is 3.74. The van der Waals surface area contributed by atoms with Crippen molar-refractivity contribution in [2.45, 2.75) is 19.1 Å². The van der Waals surface area contributed by atoms with Crippen molar-refractivity contribution >= 4 is 11.6 Å². The Labute approximate surface area is 145 Å². The number of aromatic nitrogens is 4. The van der Waals surface area contributed by atoms with Crippen LogP contribution in [0.1, 0.15) is 22.9 Å². The summed E-state index contributed by atoms with van der Waals surface area (Å²) in [5.74, 6) is -0.468. The highest BCUT2D eigenvalue weighted by Gasteiger charge is 2.34. The van der Waals surface area contributed by atoms with E-state index in [9.17, 15) is 17.6 Å². The Bertz CT molecular complexity index is 925. The average molecular weight is 369 g/mol. The zero-order valence-electron chi connectivity index (χ0n) is 13.9. The van der Waals surface area contributed by atoms with Gasteiger partial charge in [0.15, 0.2) is 0 Å². The van der Waals surface area contributed by atoms with Crippen molar-refractivity contribution in [1.82, 2.24) is 19.6 Å². The van der Waals surface area contributed by atoms with Crippen molar-refractivity contribution in [2.24, 2.45) is 0 Å². The third kappa shape index (κ3) is 3.59. The fraction of sp³-hybridized carbons (Fsp3) is 0.312. The number of methoxy groups -OCH3 is 1. The summed E-state index contributed by atoms with van der Waals surface area (Å²) in [5, 5.41) is 7.15. The van der Waals surface area contributed by atoms with E-state index in [0.717, 1.165) is 12.1 Å². The molecule has 0 fully saturated rings. The summed E-state index contributed by atoms with van der Waals surface area (Å²) in [6.07, 6.45) is -3.42. The first-order valence-electron chi connectivity index (χ1n) is 7.59. The van der Waals surface area contributed by atoms with Gasteiger partial charge >= 0.3 is 6.18 Å². The molecular weight excluding hydrogens is 354 g/mol. The maximum absolute atomic E-state index is 13.9. The number of nitrogens with zero attached hydrogens (tertiary/aromatic N) is 4. The van der Waals surface area contributed by atoms with Crippen LogP contribution in [0.2, 0.25) is 0 Å². The van der Waals surface area contributed by atoms with Crippen LogP contribution >= 0.6 is 0 Å². The van der Waals surface area contributed by atoms with E-state index in [4.69, 9.17) is 4.74 Å². The van der Waals surface area contributed by atoms with Crippen molar-refractivity contribution in [3.63, 3.8) is 0 Å². The van der Waals surface area contributed by atoms with Crippen LogP contribution in [-0.2, 0) is 10.9 Å². The van der Waals surface area contributed by atoms with Gasteiger partial charge in [-0.05, 0) is 24.6 Å². The molecule has 2 aromatic heterocycles. The first-order valence-corrected chi connectivity index (χ1v) is 7.59. The van der Waals surface area contributed by atoms with E-state index in [1.54, 1.807) is 13.0 Å². The fourth-order valence-corrected chi connectivity index (χ4v) is 2.58. The van der Waals surface area contributed by atoms with Gasteiger partial charge in [-0.25, -0.2) is 9.37 Å². The van der Waals surface area contributed by atoms with Crippen molar-refractivity contribution in [1.29, 1.82) is 0 Å². The molecule has 0 amide bonds. The Morgan fingerprint density at radius 2 is 2.04 bits per heavy atom. The second-order valence-electron chi connectivity index (χ2n) is 5.64. The smallest absolute Gasteiger partial charge is 0.382 e. The van der Waals surface area contributed by atoms with E-state index in [1.165, 1.54) is 24.0 Å². The Kier molecular flexibility index (Phi) is 4.77. The molecule has 0 spiro atoms. The zero-order chi connectivity index (χ0) is 18.9. The third-order valence-electron chi connectivity index (χ3n) is 3.74. The summed E-state index contributed by atoms with van der Waals surface area (Å²) in [4.78, 5) is 8.21. The molecule has 0 saturated heterocycles. The normalized spacial score (nSPS) is 13.2. The molecule has 1 aromatic carbocycles. The largest absolute Gasteiger partial charge is 0.419 e. The number of fused-ring (bicyclic) bond motifs is 1. The lowest BCUT2D eigenvalue weighted by Crippen LogP contribution is -2.19. The summed E-state index contributed by atoms with van der Waals surface area (Å²) in [5.41, 5.74) is -0.335. The second kappa shape index (κ2) is 6.87. The number of benzene rings is 1. The van der Waals surface area contributed by atoms with Crippen LogP contribution in [0.4, 0.5) is 23.4 Å². The van der Waals surface area contributed by atoms with Gasteiger partial charge in [0.05, 0.1) is 18.2 Å². The average Bonchev–Trinajstić information content (AvgIpc) is 3.01. The molecule has 0 unspecified atom stereocenters. The number of ether oxygens (including phenoxy) is 1. The van der Waals surface area contributed by atoms with Crippen LogP contribution in [-0.4, -0.2) is 33.3 Å². The second-order valence-corrected chi connectivity index (χ2v) is 5.64. The molecule has 10 heteroatoms. The topological polar surface area (TPSA) is 64.3 Å². The fourth-order valence-electron chi connectivity index (χ4n) is 2.58. The molecule has 0 aliphatic heterocycles. The van der Waals surface area contributed by atoms with E-state index in [-0.39, 0.29) is 6.61 Å². The van der Waals surface area contributed by atoms with Gasteiger partial charge in [-0.3, -0.25) is 0 Å². The molecule has 1 N–H and O–H groups in total. The lowest BCUT2D eigenvalue weighted by atomic mass is 10.0. The van der Waals surface area contributed by atoms with Gasteiger partial charge in [-0.2, -0.15) is 27.8 Å². The number of halogens is 4. The van der Waals surface area contributed by atoms with Crippen molar-refractivity contribution in [2.75, 3.05) is 19.0 Å². The van der Waals surface area contributed by atoms with E-state index >= 15 is 0 Å². The molecule has 0 aliphatic rings. The van der Waals surface area contributed by atoms with Crippen molar-refractivity contribution in [3.8, 4) is 0 Å². The van der Waals surface area contributed by atoms with Gasteiger partial charge in [0.1, 0.15) is 18.0 Å². The summed E-state index contributed by atoms with van der Waals surface area (Å²) in [7, 11) is 1.44. The SMILES string of the molecule is COC[C@H](Nc1cc(C)nc2ncnn12)c1ccc(C(F)(F)F)c(F)c1. The molecule has 3 rings (SSSR count). The van der Waals surface area contributed by atoms with E-state index in [2.05, 4.69) is 20.4 Å². The summed E-state index contributed by atoms with van der Waals surface area (Å²) < 4.78 is 58.8. The number of rotatable bonds is 5. The highest BCUT2D eigenvalue weighted by atomic mass is 19.4. The van der Waals surface area contributed by atoms with Gasteiger partial charge in [0.2, 0.25) is 0 Å². The molecule has 1 atom stereocenters. The maximum atomic E-state index is 13.9. The molecule has 138 valence electrons. The zero-order valence-corrected chi connectivity index (χ0v) is 13.9. The molecular formula is C16H15F4N5O. The Morgan fingerprint density at radius 3 is 2.69 bits per heavy atom. The van der Waals surface area contributed by atoms with Gasteiger partial charge < -0.3 is 10.1 Å². The number of hydrogen-bond donors (Lipinski definition) is 1. The minimum atomic E-state index is -4.75. The minimum Gasteiger partial charge on any atom is -0.382 e. The standard InChI is InChI=1S/C16H15F4N5O/c1-9-5-14(25-15(23-9)21-8-22-25)24-13(7-26-2)10-3-4-11(12(17)6-10)16(18,19)20/h3-6,8,13,24H,7H2,1-2H3/t13-/m0/s1. The molecule has 2 heterocycles. The summed E-state index contributed by atoms with van der Waals surface area (Å²) in [6, 6.07) is 3.88. The minimum absolute atomic E-state index is 0.0996. The Hall–Kier alpha value is -2.75. The lowest BCUT2D eigenvalue weighted by molar-refractivity contribution is -0.140. The number of aryl methyl sites for hydroxylation is 1. The number of alkyl halides is 3.